The molecule has 1 N–H and O–H groups in total. The fourth-order valence-corrected chi connectivity index (χ4v) is 4.41. The first kappa shape index (κ1) is 24.1. The predicted molar refractivity (Wildman–Crippen MR) is 136 cm³/mol. The summed E-state index contributed by atoms with van der Waals surface area (Å²) >= 11 is 0. The summed E-state index contributed by atoms with van der Waals surface area (Å²) in [6.45, 7) is 8.61. The molecule has 0 bridgehead atoms. The van der Waals surface area contributed by atoms with Gasteiger partial charge in [-0.25, -0.2) is 0 Å². The molecule has 0 saturated carbocycles. The first-order valence-corrected chi connectivity index (χ1v) is 11.7. The number of benzene rings is 3. The topological polar surface area (TPSA) is 76.1 Å². The van der Waals surface area contributed by atoms with Gasteiger partial charge >= 0.3 is 0 Å². The molecule has 3 aromatic rings. The van der Waals surface area contributed by atoms with Gasteiger partial charge < -0.3 is 14.6 Å². The number of hydrogen-bond acceptors (Lipinski definition) is 5. The number of aryl methyl sites for hydroxylation is 2. The van der Waals surface area contributed by atoms with Crippen molar-refractivity contribution < 1.29 is 24.2 Å². The summed E-state index contributed by atoms with van der Waals surface area (Å²) in [6, 6.07) is 19.1. The summed E-state index contributed by atoms with van der Waals surface area (Å²) in [7, 11) is 0. The van der Waals surface area contributed by atoms with Crippen LogP contribution in [0.25, 0.3) is 5.76 Å². The number of para-hydroxylation sites is 1. The SMILES string of the molecule is CCOc1ccc(C2/C(=C(/O)c3ccc(OCC)c(C)c3)C(=O)C(=O)N2c2ccccc2C)cc1. The molecule has 6 nitrogen and oxygen atoms in total. The van der Waals surface area contributed by atoms with Crippen LogP contribution in [0.4, 0.5) is 5.69 Å². The first-order chi connectivity index (χ1) is 16.9. The van der Waals surface area contributed by atoms with Gasteiger partial charge in [-0.2, -0.15) is 0 Å². The van der Waals surface area contributed by atoms with E-state index in [1.54, 1.807) is 30.3 Å². The molecule has 1 heterocycles. The molecule has 1 aliphatic heterocycles. The molecule has 1 fully saturated rings. The van der Waals surface area contributed by atoms with Crippen molar-refractivity contribution in [3.63, 3.8) is 0 Å². The van der Waals surface area contributed by atoms with Crippen LogP contribution in [0.1, 0.15) is 42.1 Å². The Bertz CT molecular complexity index is 1290. The molecule has 0 radical (unpaired) electrons. The monoisotopic (exact) mass is 471 g/mol. The maximum Gasteiger partial charge on any atom is 0.300 e. The normalized spacial score (nSPS) is 17.0. The highest BCUT2D eigenvalue weighted by Crippen LogP contribution is 2.43. The van der Waals surface area contributed by atoms with E-state index in [-0.39, 0.29) is 11.3 Å². The lowest BCUT2D eigenvalue weighted by molar-refractivity contribution is -0.132. The van der Waals surface area contributed by atoms with Crippen LogP contribution in [0.3, 0.4) is 0 Å². The average molecular weight is 472 g/mol. The van der Waals surface area contributed by atoms with Gasteiger partial charge in [0.1, 0.15) is 17.3 Å². The highest BCUT2D eigenvalue weighted by molar-refractivity contribution is 6.51. The molecule has 6 heteroatoms. The van der Waals surface area contributed by atoms with Gasteiger partial charge in [-0.1, -0.05) is 30.3 Å². The number of anilines is 1. The summed E-state index contributed by atoms with van der Waals surface area (Å²) in [5.41, 5.74) is 3.48. The Morgan fingerprint density at radius 2 is 1.57 bits per heavy atom. The van der Waals surface area contributed by atoms with Crippen molar-refractivity contribution in [2.24, 2.45) is 0 Å². The van der Waals surface area contributed by atoms with Crippen LogP contribution in [0, 0.1) is 13.8 Å². The van der Waals surface area contributed by atoms with Gasteiger partial charge in [0.05, 0.1) is 24.8 Å². The zero-order valence-corrected chi connectivity index (χ0v) is 20.4. The van der Waals surface area contributed by atoms with Crippen molar-refractivity contribution in [2.75, 3.05) is 18.1 Å². The molecule has 1 unspecified atom stereocenters. The zero-order chi connectivity index (χ0) is 25.1. The third kappa shape index (κ3) is 4.52. The smallest absolute Gasteiger partial charge is 0.300 e. The molecular formula is C29H29NO5. The number of ketones is 1. The van der Waals surface area contributed by atoms with Crippen molar-refractivity contribution in [3.05, 3.63) is 94.6 Å². The van der Waals surface area contributed by atoms with Gasteiger partial charge in [-0.05, 0) is 80.8 Å². The molecule has 4 rings (SSSR count). The van der Waals surface area contributed by atoms with Crippen LogP contribution in [0.15, 0.2) is 72.3 Å². The number of Topliss-reactive ketones (excluding diaryl/α,β-unsaturated/α-hetero) is 1. The summed E-state index contributed by atoms with van der Waals surface area (Å²) < 4.78 is 11.2. The number of nitrogens with zero attached hydrogens (tertiary/aromatic N) is 1. The van der Waals surface area contributed by atoms with Gasteiger partial charge in [-0.3, -0.25) is 14.5 Å². The second-order valence-corrected chi connectivity index (χ2v) is 8.37. The molecule has 3 aromatic carbocycles. The minimum Gasteiger partial charge on any atom is -0.507 e. The average Bonchev–Trinajstić information content (AvgIpc) is 3.11. The van der Waals surface area contributed by atoms with Crippen molar-refractivity contribution in [3.8, 4) is 11.5 Å². The molecule has 1 atom stereocenters. The Labute approximate surface area is 205 Å². The van der Waals surface area contributed by atoms with E-state index in [2.05, 4.69) is 0 Å². The van der Waals surface area contributed by atoms with Crippen LogP contribution >= 0.6 is 0 Å². The fraction of sp³-hybridized carbons (Fsp3) is 0.241. The van der Waals surface area contributed by atoms with Crippen molar-refractivity contribution >= 4 is 23.1 Å². The van der Waals surface area contributed by atoms with Gasteiger partial charge in [0, 0.05) is 11.3 Å². The van der Waals surface area contributed by atoms with Gasteiger partial charge in [0.25, 0.3) is 11.7 Å². The third-order valence-electron chi connectivity index (χ3n) is 6.07. The van der Waals surface area contributed by atoms with Crippen LogP contribution < -0.4 is 14.4 Å². The van der Waals surface area contributed by atoms with E-state index < -0.39 is 17.7 Å². The number of amides is 1. The van der Waals surface area contributed by atoms with Gasteiger partial charge in [-0.15, -0.1) is 0 Å². The quantitative estimate of drug-likeness (QED) is 0.271. The lowest BCUT2D eigenvalue weighted by atomic mass is 9.94. The van der Waals surface area contributed by atoms with E-state index in [1.165, 1.54) is 4.90 Å². The molecule has 0 spiro atoms. The minimum absolute atomic E-state index is 0.0472. The molecule has 1 amide bonds. The van der Waals surface area contributed by atoms with E-state index in [1.807, 2.05) is 64.1 Å². The number of rotatable bonds is 7. The Hall–Kier alpha value is -4.06. The second kappa shape index (κ2) is 10.1. The highest BCUT2D eigenvalue weighted by Gasteiger charge is 2.47. The number of carbonyl (C=O) groups excluding carboxylic acids is 2. The minimum atomic E-state index is -0.793. The molecule has 0 aliphatic carbocycles. The van der Waals surface area contributed by atoms with E-state index in [0.29, 0.717) is 41.5 Å². The largest absolute Gasteiger partial charge is 0.507 e. The van der Waals surface area contributed by atoms with Gasteiger partial charge in [0.2, 0.25) is 0 Å². The highest BCUT2D eigenvalue weighted by atomic mass is 16.5. The number of ether oxygens (including phenoxy) is 2. The first-order valence-electron chi connectivity index (χ1n) is 11.7. The molecule has 35 heavy (non-hydrogen) atoms. The maximum absolute atomic E-state index is 13.4. The maximum atomic E-state index is 13.4. The summed E-state index contributed by atoms with van der Waals surface area (Å²) in [5, 5.41) is 11.4. The summed E-state index contributed by atoms with van der Waals surface area (Å²) in [6.07, 6.45) is 0. The van der Waals surface area contributed by atoms with E-state index in [9.17, 15) is 14.7 Å². The Kier molecular flexibility index (Phi) is 6.92. The van der Waals surface area contributed by atoms with Crippen molar-refractivity contribution in [2.45, 2.75) is 33.7 Å². The fourth-order valence-electron chi connectivity index (χ4n) is 4.41. The van der Waals surface area contributed by atoms with E-state index in [4.69, 9.17) is 9.47 Å². The molecule has 1 aliphatic rings. The number of aliphatic hydroxyl groups excluding tert-OH is 1. The molecule has 0 aromatic heterocycles. The number of hydrogen-bond donors (Lipinski definition) is 1. The van der Waals surface area contributed by atoms with Crippen molar-refractivity contribution in [1.29, 1.82) is 0 Å². The number of aliphatic hydroxyl groups is 1. The lowest BCUT2D eigenvalue weighted by Crippen LogP contribution is -2.30. The van der Waals surface area contributed by atoms with Crippen LogP contribution in [0.2, 0.25) is 0 Å². The summed E-state index contributed by atoms with van der Waals surface area (Å²) in [5.74, 6) is -0.234. The number of carbonyl (C=O) groups is 2. The Morgan fingerprint density at radius 1 is 0.886 bits per heavy atom. The molecular weight excluding hydrogens is 442 g/mol. The van der Waals surface area contributed by atoms with Crippen LogP contribution in [-0.4, -0.2) is 30.0 Å². The second-order valence-electron chi connectivity index (χ2n) is 8.37. The molecule has 1 saturated heterocycles. The lowest BCUT2D eigenvalue weighted by Gasteiger charge is -2.27. The Morgan fingerprint density at radius 3 is 2.20 bits per heavy atom. The molecule has 180 valence electrons. The predicted octanol–water partition coefficient (Wildman–Crippen LogP) is 5.73. The van der Waals surface area contributed by atoms with E-state index >= 15 is 0 Å². The van der Waals surface area contributed by atoms with Crippen LogP contribution in [-0.2, 0) is 9.59 Å². The zero-order valence-electron chi connectivity index (χ0n) is 20.4. The van der Waals surface area contributed by atoms with E-state index in [0.717, 1.165) is 11.1 Å². The van der Waals surface area contributed by atoms with Crippen molar-refractivity contribution in [1.82, 2.24) is 0 Å². The summed E-state index contributed by atoms with van der Waals surface area (Å²) in [4.78, 5) is 28.2. The van der Waals surface area contributed by atoms with Crippen LogP contribution in [0.5, 0.6) is 11.5 Å². The van der Waals surface area contributed by atoms with Gasteiger partial charge in [0.15, 0.2) is 0 Å². The third-order valence-corrected chi connectivity index (χ3v) is 6.07. The standard InChI is InChI=1S/C29H29NO5/c1-5-34-22-14-11-20(12-15-22)26-25(27(31)21-13-16-24(35-6-2)19(4)17-21)28(32)29(33)30(26)23-10-8-7-9-18(23)3/h7-17,26,31H,5-6H2,1-4H3/b27-25-. The Balaban J connectivity index is 1.90.